The van der Waals surface area contributed by atoms with E-state index in [0.29, 0.717) is 0 Å². The minimum atomic E-state index is -0.663. The van der Waals surface area contributed by atoms with Crippen LogP contribution in [0.4, 0.5) is 0 Å². The van der Waals surface area contributed by atoms with E-state index in [9.17, 15) is 9.59 Å². The van der Waals surface area contributed by atoms with E-state index < -0.39 is 11.9 Å². The number of benzene rings is 1. The number of allylic oxidation sites excluding steroid dienone is 4. The Labute approximate surface area is 147 Å². The van der Waals surface area contributed by atoms with Crippen molar-refractivity contribution in [1.82, 2.24) is 4.90 Å². The first-order valence-electron chi connectivity index (χ1n) is 7.69. The van der Waals surface area contributed by atoms with Crippen molar-refractivity contribution in [2.75, 3.05) is 20.2 Å². The molecule has 0 saturated carbocycles. The zero-order chi connectivity index (χ0) is 18.7. The number of nitrogens with zero attached hydrogens (tertiary/aromatic N) is 2. The fourth-order valence-corrected chi connectivity index (χ4v) is 1.92. The van der Waals surface area contributed by atoms with Crippen molar-refractivity contribution in [3.63, 3.8) is 0 Å². The maximum Gasteiger partial charge on any atom is 0.348 e. The minimum absolute atomic E-state index is 0.0840. The highest BCUT2D eigenvalue weighted by Gasteiger charge is 2.08. The Morgan fingerprint density at radius 2 is 1.96 bits per heavy atom. The number of hydrogen-bond acceptors (Lipinski definition) is 5. The molecule has 0 spiro atoms. The summed E-state index contributed by atoms with van der Waals surface area (Å²) in [5.41, 5.74) is 6.72. The summed E-state index contributed by atoms with van der Waals surface area (Å²) < 4.78 is 4.84. The second-order valence-corrected chi connectivity index (χ2v) is 5.10. The quantitative estimate of drug-likeness (QED) is 0.338. The Balaban J connectivity index is 3.14. The van der Waals surface area contributed by atoms with Gasteiger partial charge in [0.05, 0.1) is 13.2 Å². The zero-order valence-electron chi connectivity index (χ0n) is 14.3. The minimum Gasteiger partial charge on any atom is -0.462 e. The number of primary amides is 1. The van der Waals surface area contributed by atoms with Crippen molar-refractivity contribution in [3.8, 4) is 6.07 Å². The van der Waals surface area contributed by atoms with Crippen molar-refractivity contribution in [2.45, 2.75) is 6.92 Å². The molecule has 0 aliphatic carbocycles. The molecule has 0 aliphatic rings. The number of carbonyl (C=O) groups is 2. The van der Waals surface area contributed by atoms with E-state index in [-0.39, 0.29) is 18.7 Å². The topological polar surface area (TPSA) is 96.4 Å². The van der Waals surface area contributed by atoms with Gasteiger partial charge in [0.15, 0.2) is 0 Å². The normalized spacial score (nSPS) is 11.9. The Morgan fingerprint density at radius 1 is 1.28 bits per heavy atom. The lowest BCUT2D eigenvalue weighted by atomic mass is 10.0. The SMILES string of the molecule is CCOC(=O)C(C#N)=CC=C(C=CN(C)CC(N)=O)c1ccccc1. The fraction of sp³-hybridized carbons (Fsp3) is 0.211. The average molecular weight is 339 g/mol. The lowest BCUT2D eigenvalue weighted by Gasteiger charge is -2.11. The van der Waals surface area contributed by atoms with Crippen LogP contribution < -0.4 is 5.73 Å². The largest absolute Gasteiger partial charge is 0.462 e. The summed E-state index contributed by atoms with van der Waals surface area (Å²) in [6.45, 7) is 1.96. The molecule has 1 aromatic rings. The highest BCUT2D eigenvalue weighted by atomic mass is 16.5. The highest BCUT2D eigenvalue weighted by molar-refractivity contribution is 5.93. The van der Waals surface area contributed by atoms with E-state index >= 15 is 0 Å². The third kappa shape index (κ3) is 7.18. The fourth-order valence-electron chi connectivity index (χ4n) is 1.92. The van der Waals surface area contributed by atoms with Gasteiger partial charge in [-0.25, -0.2) is 4.79 Å². The molecule has 0 unspecified atom stereocenters. The molecule has 2 N–H and O–H groups in total. The molecule has 0 heterocycles. The van der Waals surface area contributed by atoms with Crippen molar-refractivity contribution in [3.05, 3.63) is 65.9 Å². The van der Waals surface area contributed by atoms with Crippen molar-refractivity contribution >= 4 is 17.4 Å². The number of likely N-dealkylation sites (N-methyl/N-ethyl adjacent to an activating group) is 1. The maximum absolute atomic E-state index is 11.7. The van der Waals surface area contributed by atoms with Gasteiger partial charge in [-0.05, 0) is 36.4 Å². The molecular weight excluding hydrogens is 318 g/mol. The number of nitrogens with two attached hydrogens (primary N) is 1. The van der Waals surface area contributed by atoms with Gasteiger partial charge in [0.1, 0.15) is 11.6 Å². The summed E-state index contributed by atoms with van der Waals surface area (Å²) in [6, 6.07) is 11.3. The van der Waals surface area contributed by atoms with E-state index in [1.54, 1.807) is 37.2 Å². The lowest BCUT2D eigenvalue weighted by Crippen LogP contribution is -2.26. The molecule has 1 amide bonds. The summed E-state index contributed by atoms with van der Waals surface area (Å²) in [4.78, 5) is 24.3. The Hall–Kier alpha value is -3.33. The standard InChI is InChI=1S/C19H21N3O3/c1-3-25-19(24)17(13-20)10-9-16(15-7-5-4-6-8-15)11-12-22(2)14-18(21)23/h4-12H,3,14H2,1-2H3,(H2,21,23). The van der Waals surface area contributed by atoms with Crippen molar-refractivity contribution in [1.29, 1.82) is 5.26 Å². The van der Waals surface area contributed by atoms with E-state index in [1.165, 1.54) is 6.08 Å². The second-order valence-electron chi connectivity index (χ2n) is 5.10. The third-order valence-electron chi connectivity index (χ3n) is 3.07. The van der Waals surface area contributed by atoms with Crippen LogP contribution >= 0.6 is 0 Å². The Bertz CT molecular complexity index is 728. The summed E-state index contributed by atoms with van der Waals surface area (Å²) in [7, 11) is 1.72. The van der Waals surface area contributed by atoms with Crippen LogP contribution in [-0.2, 0) is 14.3 Å². The first-order valence-corrected chi connectivity index (χ1v) is 7.69. The van der Waals surface area contributed by atoms with E-state index in [2.05, 4.69) is 0 Å². The first kappa shape index (κ1) is 19.7. The lowest BCUT2D eigenvalue weighted by molar-refractivity contribution is -0.138. The monoisotopic (exact) mass is 339 g/mol. The van der Waals surface area contributed by atoms with E-state index in [1.807, 2.05) is 36.4 Å². The zero-order valence-corrected chi connectivity index (χ0v) is 14.3. The number of nitriles is 1. The molecule has 6 nitrogen and oxygen atoms in total. The van der Waals surface area contributed by atoms with Gasteiger partial charge in [-0.3, -0.25) is 4.79 Å². The molecule has 0 aliphatic heterocycles. The van der Waals surface area contributed by atoms with Crippen LogP contribution in [0.25, 0.3) is 5.57 Å². The molecule has 0 saturated heterocycles. The van der Waals surface area contributed by atoms with Gasteiger partial charge < -0.3 is 15.4 Å². The molecule has 0 aromatic heterocycles. The van der Waals surface area contributed by atoms with Crippen LogP contribution in [0.1, 0.15) is 12.5 Å². The van der Waals surface area contributed by atoms with Gasteiger partial charge in [-0.15, -0.1) is 0 Å². The molecule has 0 bridgehead atoms. The first-order chi connectivity index (χ1) is 12.0. The molecule has 1 aromatic carbocycles. The Morgan fingerprint density at radius 3 is 2.52 bits per heavy atom. The van der Waals surface area contributed by atoms with Gasteiger partial charge in [0.2, 0.25) is 5.91 Å². The third-order valence-corrected chi connectivity index (χ3v) is 3.07. The van der Waals surface area contributed by atoms with Gasteiger partial charge in [0.25, 0.3) is 0 Å². The number of amides is 1. The molecule has 25 heavy (non-hydrogen) atoms. The number of ether oxygens (including phenoxy) is 1. The van der Waals surface area contributed by atoms with Crippen LogP contribution in [0.2, 0.25) is 0 Å². The number of carbonyl (C=O) groups excluding carboxylic acids is 2. The predicted molar refractivity (Wildman–Crippen MR) is 95.7 cm³/mol. The Kier molecular flexibility index (Phi) is 8.24. The van der Waals surface area contributed by atoms with Crippen LogP contribution in [-0.4, -0.2) is 37.0 Å². The van der Waals surface area contributed by atoms with Gasteiger partial charge in [-0.1, -0.05) is 36.4 Å². The average Bonchev–Trinajstić information content (AvgIpc) is 2.58. The summed E-state index contributed by atoms with van der Waals surface area (Å²) in [5.74, 6) is -1.10. The highest BCUT2D eigenvalue weighted by Crippen LogP contribution is 2.16. The van der Waals surface area contributed by atoms with Gasteiger partial charge >= 0.3 is 5.97 Å². The molecular formula is C19H21N3O3. The second kappa shape index (κ2) is 10.4. The number of hydrogen-bond donors (Lipinski definition) is 1. The summed E-state index contributed by atoms with van der Waals surface area (Å²) in [5, 5.41) is 9.10. The molecule has 0 radical (unpaired) electrons. The number of rotatable bonds is 8. The molecule has 6 heteroatoms. The molecule has 0 fully saturated rings. The smallest absolute Gasteiger partial charge is 0.348 e. The maximum atomic E-state index is 11.7. The molecule has 1 rings (SSSR count). The predicted octanol–water partition coefficient (Wildman–Crippen LogP) is 2.01. The van der Waals surface area contributed by atoms with Crippen LogP contribution in [0.15, 0.2) is 60.3 Å². The summed E-state index contributed by atoms with van der Waals surface area (Å²) in [6.07, 6.45) is 6.54. The van der Waals surface area contributed by atoms with Crippen molar-refractivity contribution in [2.24, 2.45) is 5.73 Å². The van der Waals surface area contributed by atoms with E-state index in [0.717, 1.165) is 11.1 Å². The molecule has 0 atom stereocenters. The van der Waals surface area contributed by atoms with Crippen LogP contribution in [0, 0.1) is 11.3 Å². The van der Waals surface area contributed by atoms with Crippen LogP contribution in [0.3, 0.4) is 0 Å². The van der Waals surface area contributed by atoms with E-state index in [4.69, 9.17) is 15.7 Å². The van der Waals surface area contributed by atoms with Gasteiger partial charge in [0, 0.05) is 7.05 Å². The molecule has 130 valence electrons. The van der Waals surface area contributed by atoms with Gasteiger partial charge in [-0.2, -0.15) is 5.26 Å². The van der Waals surface area contributed by atoms with Crippen LogP contribution in [0.5, 0.6) is 0 Å². The number of esters is 1. The summed E-state index contributed by atoms with van der Waals surface area (Å²) >= 11 is 0. The van der Waals surface area contributed by atoms with Crippen molar-refractivity contribution < 1.29 is 14.3 Å².